The molecule has 2 rings (SSSR count). The summed E-state index contributed by atoms with van der Waals surface area (Å²) in [6.45, 7) is 0. The molecule has 1 nitrogen and oxygen atoms in total. The average molecular weight is 315 g/mol. The molecule has 2 aromatic rings. The van der Waals surface area contributed by atoms with E-state index in [0.29, 0.717) is 0 Å². The number of benzene rings is 1. The maximum Gasteiger partial charge on any atom is 0.119 e. The minimum absolute atomic E-state index is 0.914. The summed E-state index contributed by atoms with van der Waals surface area (Å²) in [5.41, 5.74) is 0. The van der Waals surface area contributed by atoms with Gasteiger partial charge in [0.1, 0.15) is 5.75 Å². The van der Waals surface area contributed by atoms with Crippen LogP contribution in [0.2, 0.25) is 0 Å². The van der Waals surface area contributed by atoms with Crippen LogP contribution in [0.4, 0.5) is 0 Å². The first-order valence-electron chi connectivity index (χ1n) is 4.79. The van der Waals surface area contributed by atoms with Crippen molar-refractivity contribution in [2.24, 2.45) is 0 Å². The number of methoxy groups -OCH3 is 1. The average Bonchev–Trinajstić information content (AvgIpc) is 2.73. The van der Waals surface area contributed by atoms with E-state index in [4.69, 9.17) is 4.74 Å². The number of hydrogen-bond acceptors (Lipinski definition) is 3. The molecule has 0 amide bonds. The number of rotatable bonds is 4. The first-order chi connectivity index (χ1) is 7.78. The number of thioether (sulfide) groups is 1. The molecule has 0 aliphatic heterocycles. The molecule has 16 heavy (non-hydrogen) atoms. The first-order valence-corrected chi connectivity index (χ1v) is 7.38. The quantitative estimate of drug-likeness (QED) is 0.749. The van der Waals surface area contributed by atoms with E-state index in [1.807, 2.05) is 23.9 Å². The van der Waals surface area contributed by atoms with E-state index in [0.717, 1.165) is 11.5 Å². The van der Waals surface area contributed by atoms with E-state index >= 15 is 0 Å². The Morgan fingerprint density at radius 2 is 2.19 bits per heavy atom. The lowest BCUT2D eigenvalue weighted by atomic mass is 10.3. The molecular formula is C12H11BrOS2. The maximum absolute atomic E-state index is 5.19. The molecule has 0 saturated carbocycles. The Morgan fingerprint density at radius 3 is 2.88 bits per heavy atom. The van der Waals surface area contributed by atoms with Crippen molar-refractivity contribution in [3.05, 3.63) is 45.1 Å². The molecule has 1 heterocycles. The van der Waals surface area contributed by atoms with Crippen molar-refractivity contribution in [1.29, 1.82) is 0 Å². The highest BCUT2D eigenvalue weighted by atomic mass is 79.9. The smallest absolute Gasteiger partial charge is 0.119 e. The summed E-state index contributed by atoms with van der Waals surface area (Å²) in [4.78, 5) is 2.61. The van der Waals surface area contributed by atoms with Gasteiger partial charge in [-0.1, -0.05) is 6.07 Å². The van der Waals surface area contributed by atoms with Gasteiger partial charge in [-0.2, -0.15) is 0 Å². The molecule has 0 atom stereocenters. The second-order valence-corrected chi connectivity index (χ2v) is 6.77. The summed E-state index contributed by atoms with van der Waals surface area (Å²) in [6.07, 6.45) is 0. The van der Waals surface area contributed by atoms with Gasteiger partial charge in [0.25, 0.3) is 0 Å². The van der Waals surface area contributed by atoms with Crippen molar-refractivity contribution < 1.29 is 4.74 Å². The molecule has 0 unspecified atom stereocenters. The van der Waals surface area contributed by atoms with Crippen LogP contribution in [0.3, 0.4) is 0 Å². The van der Waals surface area contributed by atoms with Crippen LogP contribution in [0.25, 0.3) is 0 Å². The zero-order chi connectivity index (χ0) is 11.4. The number of thiophene rings is 1. The van der Waals surface area contributed by atoms with Gasteiger partial charge < -0.3 is 4.74 Å². The summed E-state index contributed by atoms with van der Waals surface area (Å²) in [6, 6.07) is 12.4. The van der Waals surface area contributed by atoms with Crippen molar-refractivity contribution >= 4 is 39.0 Å². The van der Waals surface area contributed by atoms with Crippen LogP contribution in [0.5, 0.6) is 5.75 Å². The summed E-state index contributed by atoms with van der Waals surface area (Å²) < 4.78 is 6.38. The van der Waals surface area contributed by atoms with Crippen LogP contribution in [-0.4, -0.2) is 7.11 Å². The van der Waals surface area contributed by atoms with Gasteiger partial charge in [0.15, 0.2) is 0 Å². The van der Waals surface area contributed by atoms with Crippen molar-refractivity contribution in [1.82, 2.24) is 0 Å². The topological polar surface area (TPSA) is 9.23 Å². The molecule has 0 radical (unpaired) electrons. The van der Waals surface area contributed by atoms with E-state index in [-0.39, 0.29) is 0 Å². The highest BCUT2D eigenvalue weighted by Crippen LogP contribution is 2.30. The van der Waals surface area contributed by atoms with Crippen molar-refractivity contribution in [2.75, 3.05) is 7.11 Å². The fourth-order valence-corrected chi connectivity index (χ4v) is 3.75. The lowest BCUT2D eigenvalue weighted by Crippen LogP contribution is -1.82. The van der Waals surface area contributed by atoms with Gasteiger partial charge in [-0.15, -0.1) is 23.1 Å². The highest BCUT2D eigenvalue weighted by Gasteiger charge is 2.00. The molecule has 1 aromatic heterocycles. The molecule has 0 spiro atoms. The van der Waals surface area contributed by atoms with Gasteiger partial charge in [-0.25, -0.2) is 0 Å². The molecule has 4 heteroatoms. The Balaban J connectivity index is 1.99. The Labute approximate surface area is 112 Å². The molecule has 0 fully saturated rings. The lowest BCUT2D eigenvalue weighted by molar-refractivity contribution is 0.413. The van der Waals surface area contributed by atoms with E-state index in [9.17, 15) is 0 Å². The predicted molar refractivity (Wildman–Crippen MR) is 74.6 cm³/mol. The molecule has 0 bridgehead atoms. The molecule has 84 valence electrons. The normalized spacial score (nSPS) is 10.4. The van der Waals surface area contributed by atoms with Crippen LogP contribution in [-0.2, 0) is 5.75 Å². The second kappa shape index (κ2) is 5.75. The third-order valence-electron chi connectivity index (χ3n) is 2.05. The summed E-state index contributed by atoms with van der Waals surface area (Å²) in [5, 5.41) is 0. The minimum Gasteiger partial charge on any atom is -0.497 e. The minimum atomic E-state index is 0.914. The number of hydrogen-bond donors (Lipinski definition) is 0. The summed E-state index contributed by atoms with van der Waals surface area (Å²) in [5.74, 6) is 1.92. The molecule has 0 aliphatic carbocycles. The summed E-state index contributed by atoms with van der Waals surface area (Å²) >= 11 is 7.08. The van der Waals surface area contributed by atoms with Gasteiger partial charge in [0, 0.05) is 15.5 Å². The third-order valence-corrected chi connectivity index (χ3v) is 4.90. The van der Waals surface area contributed by atoms with Crippen LogP contribution in [0.15, 0.2) is 45.1 Å². The van der Waals surface area contributed by atoms with Gasteiger partial charge in [0.05, 0.1) is 10.9 Å². The highest BCUT2D eigenvalue weighted by molar-refractivity contribution is 9.11. The molecule has 1 aromatic carbocycles. The predicted octanol–water partition coefficient (Wildman–Crippen LogP) is 4.81. The maximum atomic E-state index is 5.19. The Kier molecular flexibility index (Phi) is 4.32. The van der Waals surface area contributed by atoms with Crippen LogP contribution >= 0.6 is 39.0 Å². The zero-order valence-corrected chi connectivity index (χ0v) is 12.0. The van der Waals surface area contributed by atoms with Gasteiger partial charge >= 0.3 is 0 Å². The summed E-state index contributed by atoms with van der Waals surface area (Å²) in [7, 11) is 1.69. The number of ether oxygens (including phenoxy) is 1. The fraction of sp³-hybridized carbons (Fsp3) is 0.167. The van der Waals surface area contributed by atoms with Crippen LogP contribution < -0.4 is 4.74 Å². The SMILES string of the molecule is COc1cccc(SCc2ccc(Br)s2)c1. The van der Waals surface area contributed by atoms with Crippen LogP contribution in [0, 0.1) is 0 Å². The first kappa shape index (κ1) is 12.0. The van der Waals surface area contributed by atoms with Crippen LogP contribution in [0.1, 0.15) is 4.88 Å². The van der Waals surface area contributed by atoms with Crippen molar-refractivity contribution in [2.45, 2.75) is 10.6 Å². The Morgan fingerprint density at radius 1 is 1.31 bits per heavy atom. The molecule has 0 N–H and O–H groups in total. The molecular weight excluding hydrogens is 304 g/mol. The molecule has 0 aliphatic rings. The third kappa shape index (κ3) is 3.27. The largest absolute Gasteiger partial charge is 0.497 e. The van der Waals surface area contributed by atoms with Gasteiger partial charge in [0.2, 0.25) is 0 Å². The fourth-order valence-electron chi connectivity index (χ4n) is 1.27. The zero-order valence-electron chi connectivity index (χ0n) is 8.77. The van der Waals surface area contributed by atoms with Gasteiger partial charge in [-0.3, -0.25) is 0 Å². The second-order valence-electron chi connectivity index (χ2n) is 3.17. The van der Waals surface area contributed by atoms with E-state index < -0.39 is 0 Å². The number of halogens is 1. The van der Waals surface area contributed by atoms with E-state index in [1.54, 1.807) is 18.4 Å². The van der Waals surface area contributed by atoms with Crippen molar-refractivity contribution in [3.8, 4) is 5.75 Å². The standard InChI is InChI=1S/C12H11BrOS2/c1-14-9-3-2-4-10(7-9)15-8-11-5-6-12(13)16-11/h2-7H,8H2,1H3. The Hall–Kier alpha value is -0.450. The lowest BCUT2D eigenvalue weighted by Gasteiger charge is -2.03. The molecule has 0 saturated heterocycles. The Bertz CT molecular complexity index is 468. The van der Waals surface area contributed by atoms with E-state index in [2.05, 4.69) is 40.2 Å². The van der Waals surface area contributed by atoms with Gasteiger partial charge in [-0.05, 0) is 46.3 Å². The van der Waals surface area contributed by atoms with E-state index in [1.165, 1.54) is 13.6 Å². The van der Waals surface area contributed by atoms with Crippen molar-refractivity contribution in [3.63, 3.8) is 0 Å². The monoisotopic (exact) mass is 314 g/mol.